The van der Waals surface area contributed by atoms with Crippen molar-refractivity contribution in [3.8, 4) is 5.75 Å². The lowest BCUT2D eigenvalue weighted by Gasteiger charge is -2.34. The Morgan fingerprint density at radius 1 is 1.29 bits per heavy atom. The number of ether oxygens (including phenoxy) is 2. The van der Waals surface area contributed by atoms with E-state index in [0.717, 1.165) is 25.2 Å². The van der Waals surface area contributed by atoms with Crippen LogP contribution in [0.5, 0.6) is 5.75 Å². The molecule has 21 heavy (non-hydrogen) atoms. The van der Waals surface area contributed by atoms with Crippen molar-refractivity contribution in [3.63, 3.8) is 0 Å². The third kappa shape index (κ3) is 4.01. The molecule has 0 spiro atoms. The normalized spacial score (nSPS) is 15.8. The van der Waals surface area contributed by atoms with Crippen molar-refractivity contribution in [2.45, 2.75) is 13.5 Å². The van der Waals surface area contributed by atoms with Crippen molar-refractivity contribution in [2.75, 3.05) is 45.6 Å². The van der Waals surface area contributed by atoms with Gasteiger partial charge in [0, 0.05) is 32.7 Å². The summed E-state index contributed by atoms with van der Waals surface area (Å²) in [5.74, 6) is 0.700. The Balaban J connectivity index is 1.86. The van der Waals surface area contributed by atoms with E-state index in [2.05, 4.69) is 4.90 Å². The molecule has 1 aromatic carbocycles. The molecule has 2 N–H and O–H groups in total. The van der Waals surface area contributed by atoms with Crippen LogP contribution in [-0.4, -0.2) is 55.8 Å². The largest absolute Gasteiger partial charge is 0.495 e. The smallest absolute Gasteiger partial charge is 0.409 e. The first kappa shape index (κ1) is 15.4. The average molecular weight is 293 g/mol. The maximum absolute atomic E-state index is 11.6. The van der Waals surface area contributed by atoms with Gasteiger partial charge < -0.3 is 20.1 Å². The number of hydrogen-bond donors (Lipinski definition) is 1. The summed E-state index contributed by atoms with van der Waals surface area (Å²) in [5.41, 5.74) is 7.72. The lowest BCUT2D eigenvalue weighted by atomic mass is 10.1. The average Bonchev–Trinajstić information content (AvgIpc) is 2.48. The van der Waals surface area contributed by atoms with Crippen LogP contribution in [0.2, 0.25) is 0 Å². The summed E-state index contributed by atoms with van der Waals surface area (Å²) in [6.07, 6.45) is -0.217. The monoisotopic (exact) mass is 293 g/mol. The standard InChI is InChI=1S/C15H23N3O3/c1-3-21-15(19)18-8-6-17(7-9-18)11-12-4-5-14(20-2)13(16)10-12/h4-5,10H,3,6-9,11,16H2,1-2H3. The molecular weight excluding hydrogens is 270 g/mol. The molecule has 6 nitrogen and oxygen atoms in total. The first-order chi connectivity index (χ1) is 10.1. The highest BCUT2D eigenvalue weighted by Crippen LogP contribution is 2.22. The Bertz CT molecular complexity index is 485. The number of nitrogens with two attached hydrogens (primary N) is 1. The molecule has 0 aromatic heterocycles. The first-order valence-corrected chi connectivity index (χ1v) is 7.20. The number of carbonyl (C=O) groups is 1. The molecule has 1 aliphatic heterocycles. The van der Waals surface area contributed by atoms with Crippen LogP contribution in [0.25, 0.3) is 0 Å². The van der Waals surface area contributed by atoms with Crippen molar-refractivity contribution >= 4 is 11.8 Å². The number of amides is 1. The summed E-state index contributed by atoms with van der Waals surface area (Å²) < 4.78 is 10.2. The summed E-state index contributed by atoms with van der Waals surface area (Å²) in [4.78, 5) is 15.7. The number of anilines is 1. The molecule has 1 heterocycles. The van der Waals surface area contributed by atoms with Gasteiger partial charge in [0.2, 0.25) is 0 Å². The molecule has 0 radical (unpaired) electrons. The quantitative estimate of drug-likeness (QED) is 0.853. The molecule has 1 fully saturated rings. The van der Waals surface area contributed by atoms with Gasteiger partial charge in [0.05, 0.1) is 19.4 Å². The molecule has 1 aromatic rings. The van der Waals surface area contributed by atoms with Crippen LogP contribution < -0.4 is 10.5 Å². The van der Waals surface area contributed by atoms with E-state index >= 15 is 0 Å². The Morgan fingerprint density at radius 2 is 2.00 bits per heavy atom. The highest BCUT2D eigenvalue weighted by Gasteiger charge is 2.21. The summed E-state index contributed by atoms with van der Waals surface area (Å²) in [5, 5.41) is 0. The minimum atomic E-state index is -0.217. The highest BCUT2D eigenvalue weighted by atomic mass is 16.6. The van der Waals surface area contributed by atoms with E-state index in [1.807, 2.05) is 25.1 Å². The van der Waals surface area contributed by atoms with Gasteiger partial charge in [-0.25, -0.2) is 4.79 Å². The molecule has 116 valence electrons. The van der Waals surface area contributed by atoms with Gasteiger partial charge in [-0.05, 0) is 24.6 Å². The maximum atomic E-state index is 11.6. The molecule has 0 atom stereocenters. The molecular formula is C15H23N3O3. The number of nitrogens with zero attached hydrogens (tertiary/aromatic N) is 2. The van der Waals surface area contributed by atoms with E-state index in [4.69, 9.17) is 15.2 Å². The highest BCUT2D eigenvalue weighted by molar-refractivity contribution is 5.67. The van der Waals surface area contributed by atoms with Crippen LogP contribution in [-0.2, 0) is 11.3 Å². The van der Waals surface area contributed by atoms with Crippen LogP contribution in [0.15, 0.2) is 18.2 Å². The second-order valence-electron chi connectivity index (χ2n) is 5.04. The Labute approximate surface area is 125 Å². The second-order valence-corrected chi connectivity index (χ2v) is 5.04. The van der Waals surface area contributed by atoms with Gasteiger partial charge in [0.15, 0.2) is 0 Å². The van der Waals surface area contributed by atoms with Crippen LogP contribution in [0.1, 0.15) is 12.5 Å². The van der Waals surface area contributed by atoms with E-state index < -0.39 is 0 Å². The Hall–Kier alpha value is -1.95. The van der Waals surface area contributed by atoms with Gasteiger partial charge in [-0.3, -0.25) is 4.90 Å². The number of hydrogen-bond acceptors (Lipinski definition) is 5. The van der Waals surface area contributed by atoms with E-state index in [0.29, 0.717) is 31.1 Å². The van der Waals surface area contributed by atoms with Gasteiger partial charge >= 0.3 is 6.09 Å². The zero-order valence-corrected chi connectivity index (χ0v) is 12.7. The second kappa shape index (κ2) is 7.17. The molecule has 0 bridgehead atoms. The summed E-state index contributed by atoms with van der Waals surface area (Å²) in [6.45, 7) is 6.14. The Kier molecular flexibility index (Phi) is 5.27. The number of rotatable bonds is 4. The third-order valence-corrected chi connectivity index (χ3v) is 3.60. The van der Waals surface area contributed by atoms with Crippen molar-refractivity contribution in [3.05, 3.63) is 23.8 Å². The number of piperazine rings is 1. The van der Waals surface area contributed by atoms with Crippen molar-refractivity contribution < 1.29 is 14.3 Å². The SMILES string of the molecule is CCOC(=O)N1CCN(Cc2ccc(OC)c(N)c2)CC1. The molecule has 0 aliphatic carbocycles. The minimum absolute atomic E-state index is 0.217. The fourth-order valence-electron chi connectivity index (χ4n) is 2.44. The lowest BCUT2D eigenvalue weighted by molar-refractivity contribution is 0.0778. The zero-order valence-electron chi connectivity index (χ0n) is 12.7. The molecule has 1 saturated heterocycles. The van der Waals surface area contributed by atoms with Crippen molar-refractivity contribution in [1.82, 2.24) is 9.80 Å². The fraction of sp³-hybridized carbons (Fsp3) is 0.533. The first-order valence-electron chi connectivity index (χ1n) is 7.20. The van der Waals surface area contributed by atoms with E-state index in [1.54, 1.807) is 12.0 Å². The summed E-state index contributed by atoms with van der Waals surface area (Å²) >= 11 is 0. The molecule has 2 rings (SSSR count). The van der Waals surface area contributed by atoms with Gasteiger partial charge in [0.1, 0.15) is 5.75 Å². The fourth-order valence-corrected chi connectivity index (χ4v) is 2.44. The predicted octanol–water partition coefficient (Wildman–Crippen LogP) is 1.55. The number of carbonyl (C=O) groups excluding carboxylic acids is 1. The predicted molar refractivity (Wildman–Crippen MR) is 81.3 cm³/mol. The van der Waals surface area contributed by atoms with E-state index in [-0.39, 0.29) is 6.09 Å². The van der Waals surface area contributed by atoms with Gasteiger partial charge in [0.25, 0.3) is 0 Å². The molecule has 1 amide bonds. The lowest BCUT2D eigenvalue weighted by Crippen LogP contribution is -2.48. The van der Waals surface area contributed by atoms with E-state index in [9.17, 15) is 4.79 Å². The van der Waals surface area contributed by atoms with Crippen LogP contribution >= 0.6 is 0 Å². The summed E-state index contributed by atoms with van der Waals surface area (Å²) in [7, 11) is 1.61. The van der Waals surface area contributed by atoms with Crippen molar-refractivity contribution in [1.29, 1.82) is 0 Å². The van der Waals surface area contributed by atoms with Gasteiger partial charge in [-0.2, -0.15) is 0 Å². The van der Waals surface area contributed by atoms with Crippen LogP contribution in [0, 0.1) is 0 Å². The van der Waals surface area contributed by atoms with Crippen LogP contribution in [0.3, 0.4) is 0 Å². The number of nitrogen functional groups attached to an aromatic ring is 1. The zero-order chi connectivity index (χ0) is 15.2. The van der Waals surface area contributed by atoms with Gasteiger partial charge in [-0.1, -0.05) is 6.07 Å². The van der Waals surface area contributed by atoms with Crippen LogP contribution in [0.4, 0.5) is 10.5 Å². The maximum Gasteiger partial charge on any atom is 0.409 e. The Morgan fingerprint density at radius 3 is 2.57 bits per heavy atom. The topological polar surface area (TPSA) is 68.0 Å². The van der Waals surface area contributed by atoms with Crippen molar-refractivity contribution in [2.24, 2.45) is 0 Å². The third-order valence-electron chi connectivity index (χ3n) is 3.60. The number of benzene rings is 1. The molecule has 6 heteroatoms. The van der Waals surface area contributed by atoms with Gasteiger partial charge in [-0.15, -0.1) is 0 Å². The molecule has 0 saturated carbocycles. The summed E-state index contributed by atoms with van der Waals surface area (Å²) in [6, 6.07) is 5.85. The minimum Gasteiger partial charge on any atom is -0.495 e. The molecule has 0 unspecified atom stereocenters. The number of methoxy groups -OCH3 is 1. The van der Waals surface area contributed by atoms with E-state index in [1.165, 1.54) is 0 Å². The molecule has 1 aliphatic rings.